The quantitative estimate of drug-likeness (QED) is 0.165. The third kappa shape index (κ3) is 9.61. The van der Waals surface area contributed by atoms with Gasteiger partial charge >= 0.3 is 12.0 Å². The molecule has 10 heteroatoms. The largest absolute Gasteiger partial charge is 0.467 e. The van der Waals surface area contributed by atoms with E-state index in [4.69, 9.17) is 18.9 Å². The minimum Gasteiger partial charge on any atom is -0.467 e. The number of nitrogens with one attached hydrogen (secondary N) is 2. The van der Waals surface area contributed by atoms with Crippen LogP contribution in [0.2, 0.25) is 0 Å². The molecule has 268 valence electrons. The minimum absolute atomic E-state index is 0.00534. The number of benzene rings is 4. The maximum absolute atomic E-state index is 12.9. The first-order valence-corrected chi connectivity index (χ1v) is 17.6. The van der Waals surface area contributed by atoms with Crippen LogP contribution in [0.3, 0.4) is 0 Å². The Morgan fingerprint density at radius 1 is 0.843 bits per heavy atom. The van der Waals surface area contributed by atoms with Crippen LogP contribution < -0.4 is 10.6 Å². The second-order valence-electron chi connectivity index (χ2n) is 13.2. The number of rotatable bonds is 12. The molecule has 4 aromatic carbocycles. The van der Waals surface area contributed by atoms with Gasteiger partial charge in [-0.2, -0.15) is 0 Å². The summed E-state index contributed by atoms with van der Waals surface area (Å²) in [5, 5.41) is 15.2. The van der Waals surface area contributed by atoms with E-state index in [0.29, 0.717) is 6.42 Å². The third-order valence-corrected chi connectivity index (χ3v) is 9.61. The van der Waals surface area contributed by atoms with Crippen molar-refractivity contribution in [2.75, 3.05) is 40.0 Å². The molecule has 51 heavy (non-hydrogen) atoms. The van der Waals surface area contributed by atoms with Crippen LogP contribution in [0, 0.1) is 5.92 Å². The Labute approximate surface area is 299 Å². The fraction of sp³-hybridized carbons (Fsp3) is 0.366. The van der Waals surface area contributed by atoms with Gasteiger partial charge in [0.2, 0.25) is 0 Å². The number of carbonyl (C=O) groups is 2. The van der Waals surface area contributed by atoms with Crippen LogP contribution in [-0.2, 0) is 43.3 Å². The van der Waals surface area contributed by atoms with Crippen molar-refractivity contribution in [2.45, 2.75) is 51.0 Å². The van der Waals surface area contributed by atoms with E-state index in [9.17, 15) is 14.7 Å². The number of esters is 1. The number of ether oxygens (including phenoxy) is 4. The average molecular weight is 694 g/mol. The molecule has 0 saturated carbocycles. The second-order valence-corrected chi connectivity index (χ2v) is 13.2. The van der Waals surface area contributed by atoms with Gasteiger partial charge in [0.05, 0.1) is 39.1 Å². The molecule has 2 amide bonds. The van der Waals surface area contributed by atoms with Crippen molar-refractivity contribution in [2.24, 2.45) is 5.92 Å². The SMILES string of the molecule is COC(=O)C(Cc1ccccc1)NC(=O)NCc1cccc(-c2cccc(C3OC(CN4CCOCC4)C(C)C(c4ccc(CO)cc4)O3)c2)c1. The number of hydrogen-bond acceptors (Lipinski definition) is 8. The van der Waals surface area contributed by atoms with Crippen molar-refractivity contribution in [3.63, 3.8) is 0 Å². The molecule has 5 atom stereocenters. The predicted molar refractivity (Wildman–Crippen MR) is 193 cm³/mol. The molecule has 0 aromatic heterocycles. The van der Waals surface area contributed by atoms with E-state index in [0.717, 1.165) is 71.8 Å². The highest BCUT2D eigenvalue weighted by Gasteiger charge is 2.39. The van der Waals surface area contributed by atoms with Gasteiger partial charge in [-0.15, -0.1) is 0 Å². The molecule has 0 spiro atoms. The van der Waals surface area contributed by atoms with Gasteiger partial charge in [-0.05, 0) is 45.5 Å². The summed E-state index contributed by atoms with van der Waals surface area (Å²) in [6, 6.07) is 32.4. The van der Waals surface area contributed by atoms with Crippen LogP contribution >= 0.6 is 0 Å². The second kappa shape index (κ2) is 17.6. The van der Waals surface area contributed by atoms with Crippen molar-refractivity contribution in [1.82, 2.24) is 15.5 Å². The van der Waals surface area contributed by atoms with Gasteiger partial charge in [0.1, 0.15) is 6.04 Å². The molecule has 2 heterocycles. The first kappa shape index (κ1) is 36.2. The fourth-order valence-corrected chi connectivity index (χ4v) is 6.67. The van der Waals surface area contributed by atoms with Crippen LogP contribution in [0.1, 0.15) is 47.1 Å². The lowest BCUT2D eigenvalue weighted by atomic mass is 9.89. The predicted octanol–water partition coefficient (Wildman–Crippen LogP) is 5.55. The normalized spacial score (nSPS) is 21.4. The summed E-state index contributed by atoms with van der Waals surface area (Å²) < 4.78 is 24.0. The standard InChI is InChI=1S/C41H47N3O7/c1-28-37(26-44-18-20-49-21-19-44)50-40(51-38(28)32-16-14-30(27-45)15-17-32)35-13-7-12-34(24-35)33-11-6-10-31(22-33)25-42-41(47)43-36(39(46)48-2)23-29-8-4-3-5-9-29/h3-17,22,24,28,36-38,40,45H,18-21,23,25-27H2,1-2H3,(H2,42,43,47). The Balaban J connectivity index is 1.15. The summed E-state index contributed by atoms with van der Waals surface area (Å²) in [6.45, 7) is 6.41. The first-order chi connectivity index (χ1) is 24.9. The van der Waals surface area contributed by atoms with E-state index < -0.39 is 24.3 Å². The summed E-state index contributed by atoms with van der Waals surface area (Å²) >= 11 is 0. The number of amides is 2. The number of morpholine rings is 1. The van der Waals surface area contributed by atoms with Gasteiger partial charge in [-0.3, -0.25) is 4.90 Å². The Morgan fingerprint density at radius 3 is 2.27 bits per heavy atom. The van der Waals surface area contributed by atoms with Crippen molar-refractivity contribution in [3.05, 3.63) is 131 Å². The Morgan fingerprint density at radius 2 is 1.55 bits per heavy atom. The molecule has 2 fully saturated rings. The Hall–Kier alpha value is -4.58. The lowest BCUT2D eigenvalue weighted by Crippen LogP contribution is -2.47. The van der Waals surface area contributed by atoms with Gasteiger partial charge < -0.3 is 34.7 Å². The van der Waals surface area contributed by atoms with E-state index in [1.807, 2.05) is 91.0 Å². The summed E-state index contributed by atoms with van der Waals surface area (Å²) in [6.07, 6.45) is -0.523. The van der Waals surface area contributed by atoms with Gasteiger partial charge in [0.15, 0.2) is 6.29 Å². The number of nitrogens with zero attached hydrogens (tertiary/aromatic N) is 1. The lowest BCUT2D eigenvalue weighted by Gasteiger charge is -2.43. The number of aliphatic hydroxyl groups is 1. The maximum Gasteiger partial charge on any atom is 0.328 e. The molecule has 6 rings (SSSR count). The molecule has 2 aliphatic rings. The Bertz CT molecular complexity index is 1730. The molecule has 0 aliphatic carbocycles. The zero-order chi connectivity index (χ0) is 35.6. The van der Waals surface area contributed by atoms with Crippen LogP contribution in [0.15, 0.2) is 103 Å². The number of urea groups is 1. The third-order valence-electron chi connectivity index (χ3n) is 9.61. The molecule has 4 aromatic rings. The van der Waals surface area contributed by atoms with Gasteiger partial charge in [0, 0.05) is 44.1 Å². The van der Waals surface area contributed by atoms with Crippen molar-refractivity contribution < 1.29 is 33.6 Å². The summed E-state index contributed by atoms with van der Waals surface area (Å²) in [7, 11) is 1.31. The smallest absolute Gasteiger partial charge is 0.328 e. The molecule has 5 unspecified atom stereocenters. The molecule has 0 bridgehead atoms. The molecular formula is C41H47N3O7. The van der Waals surface area contributed by atoms with Crippen molar-refractivity contribution >= 4 is 12.0 Å². The molecule has 2 aliphatic heterocycles. The van der Waals surface area contributed by atoms with Crippen LogP contribution in [-0.4, -0.2) is 74.1 Å². The fourth-order valence-electron chi connectivity index (χ4n) is 6.67. The number of aliphatic hydroxyl groups excluding tert-OH is 1. The molecule has 10 nitrogen and oxygen atoms in total. The lowest BCUT2D eigenvalue weighted by molar-refractivity contribution is -0.277. The van der Waals surface area contributed by atoms with Crippen molar-refractivity contribution in [1.29, 1.82) is 0 Å². The molecule has 2 saturated heterocycles. The minimum atomic E-state index is -0.813. The summed E-state index contributed by atoms with van der Waals surface area (Å²) in [5.41, 5.74) is 6.63. The monoisotopic (exact) mass is 693 g/mol. The zero-order valence-electron chi connectivity index (χ0n) is 29.2. The van der Waals surface area contributed by atoms with E-state index in [2.05, 4.69) is 34.6 Å². The zero-order valence-corrected chi connectivity index (χ0v) is 29.2. The van der Waals surface area contributed by atoms with Crippen molar-refractivity contribution in [3.8, 4) is 11.1 Å². The highest BCUT2D eigenvalue weighted by atomic mass is 16.7. The number of hydrogen-bond donors (Lipinski definition) is 3. The van der Waals surface area contributed by atoms with E-state index in [1.54, 1.807) is 0 Å². The van der Waals surface area contributed by atoms with E-state index in [-0.39, 0.29) is 31.3 Å². The molecular weight excluding hydrogens is 646 g/mol. The topological polar surface area (TPSA) is 119 Å². The van der Waals surface area contributed by atoms with E-state index >= 15 is 0 Å². The first-order valence-electron chi connectivity index (χ1n) is 17.6. The van der Waals surface area contributed by atoms with Crippen LogP contribution in [0.5, 0.6) is 0 Å². The van der Waals surface area contributed by atoms with Gasteiger partial charge in [-0.25, -0.2) is 9.59 Å². The molecule has 0 radical (unpaired) electrons. The van der Waals surface area contributed by atoms with Gasteiger partial charge in [-0.1, -0.05) is 97.9 Å². The van der Waals surface area contributed by atoms with Crippen LogP contribution in [0.25, 0.3) is 11.1 Å². The highest BCUT2D eigenvalue weighted by Crippen LogP contribution is 2.42. The highest BCUT2D eigenvalue weighted by molar-refractivity contribution is 5.83. The summed E-state index contributed by atoms with van der Waals surface area (Å²) in [4.78, 5) is 27.7. The molecule has 3 N–H and O–H groups in total. The van der Waals surface area contributed by atoms with Crippen LogP contribution in [0.4, 0.5) is 4.79 Å². The maximum atomic E-state index is 12.9. The number of carbonyl (C=O) groups excluding carboxylic acids is 2. The van der Waals surface area contributed by atoms with Gasteiger partial charge in [0.25, 0.3) is 0 Å². The van der Waals surface area contributed by atoms with E-state index in [1.165, 1.54) is 7.11 Å². The summed E-state index contributed by atoms with van der Waals surface area (Å²) in [5.74, 6) is -0.413. The number of methoxy groups -OCH3 is 1. The average Bonchev–Trinajstić information content (AvgIpc) is 3.18. The Kier molecular flexibility index (Phi) is 12.5.